The van der Waals surface area contributed by atoms with Crippen LogP contribution in [0, 0.1) is 6.92 Å². The predicted octanol–water partition coefficient (Wildman–Crippen LogP) is 3.44. The Kier molecular flexibility index (Phi) is 6.22. The molecule has 2 aliphatic heterocycles. The Labute approximate surface area is 197 Å². The third kappa shape index (κ3) is 4.42. The number of ether oxygens (including phenoxy) is 2. The van der Waals surface area contributed by atoms with E-state index in [1.165, 1.54) is 0 Å². The van der Waals surface area contributed by atoms with Crippen molar-refractivity contribution >= 4 is 28.9 Å². The number of H-pyrrole nitrogens is 1. The number of halogens is 1. The Morgan fingerprint density at radius 2 is 2.21 bits per heavy atom. The van der Waals surface area contributed by atoms with Crippen molar-refractivity contribution in [3.8, 4) is 17.0 Å². The van der Waals surface area contributed by atoms with Crippen molar-refractivity contribution < 1.29 is 14.3 Å². The number of amides is 1. The zero-order chi connectivity index (χ0) is 22.8. The van der Waals surface area contributed by atoms with Crippen molar-refractivity contribution in [2.24, 2.45) is 0 Å². The van der Waals surface area contributed by atoms with Crippen LogP contribution in [0.3, 0.4) is 0 Å². The molecule has 0 spiro atoms. The Hall–Kier alpha value is -3.07. The van der Waals surface area contributed by atoms with Crippen molar-refractivity contribution in [3.05, 3.63) is 58.5 Å². The second-order valence-electron chi connectivity index (χ2n) is 8.15. The number of carbonyl (C=O) groups excluding carboxylic acids is 1. The van der Waals surface area contributed by atoms with Gasteiger partial charge in [0.05, 0.1) is 29.7 Å². The highest BCUT2D eigenvalue weighted by Crippen LogP contribution is 2.41. The average molecular weight is 468 g/mol. The van der Waals surface area contributed by atoms with Gasteiger partial charge in [-0.05, 0) is 30.7 Å². The number of morpholine rings is 1. The van der Waals surface area contributed by atoms with Crippen LogP contribution in [-0.2, 0) is 11.2 Å². The average Bonchev–Trinajstić information content (AvgIpc) is 3.21. The zero-order valence-corrected chi connectivity index (χ0v) is 19.1. The fraction of sp³-hybridized carbons (Fsp3) is 0.333. The van der Waals surface area contributed by atoms with Gasteiger partial charge in [0.25, 0.3) is 5.91 Å². The molecular weight excluding hydrogens is 442 g/mol. The number of anilines is 2. The molecule has 1 saturated heterocycles. The van der Waals surface area contributed by atoms with Gasteiger partial charge >= 0.3 is 0 Å². The molecule has 2 aliphatic rings. The molecule has 1 fully saturated rings. The summed E-state index contributed by atoms with van der Waals surface area (Å²) < 4.78 is 11.9. The van der Waals surface area contributed by atoms with E-state index in [-0.39, 0.29) is 12.0 Å². The van der Waals surface area contributed by atoms with E-state index in [2.05, 4.69) is 25.9 Å². The highest BCUT2D eigenvalue weighted by atomic mass is 35.5. The quantitative estimate of drug-likeness (QED) is 0.443. The minimum Gasteiger partial charge on any atom is -0.488 e. The molecule has 0 saturated carbocycles. The summed E-state index contributed by atoms with van der Waals surface area (Å²) in [5.41, 5.74) is 5.53. The van der Waals surface area contributed by atoms with Gasteiger partial charge in [0.1, 0.15) is 18.5 Å². The number of nitrogens with zero attached hydrogens (tertiary/aromatic N) is 1. The topological polar surface area (TPSA) is 100 Å². The minimum atomic E-state index is -0.112. The van der Waals surface area contributed by atoms with Crippen molar-refractivity contribution in [2.75, 3.05) is 38.2 Å². The summed E-state index contributed by atoms with van der Waals surface area (Å²) in [5, 5.41) is 10.4. The summed E-state index contributed by atoms with van der Waals surface area (Å²) in [6.07, 6.45) is 4.10. The summed E-state index contributed by atoms with van der Waals surface area (Å²) >= 11 is 6.35. The second-order valence-corrected chi connectivity index (χ2v) is 8.56. The number of aromatic nitrogens is 2. The van der Waals surface area contributed by atoms with E-state index >= 15 is 0 Å². The van der Waals surface area contributed by atoms with Crippen molar-refractivity contribution in [1.29, 1.82) is 0 Å². The van der Waals surface area contributed by atoms with E-state index in [0.29, 0.717) is 48.2 Å². The first-order chi connectivity index (χ1) is 16.1. The van der Waals surface area contributed by atoms with Gasteiger partial charge in [-0.1, -0.05) is 17.7 Å². The Balaban J connectivity index is 1.54. The standard InChI is InChI=1S/C24H26ClN5O3/c1-14-17(25)3-2-4-18(14)29-23-21-19(6-8-28-24(21)31)30-22(23)16-5-7-26-12-20(16)33-13-15-11-27-9-10-32-15/h2-5,7,12,15,27,29-30H,6,8-11,13H2,1H3,(H,28,31)/t15-/m0/s1. The lowest BCUT2D eigenvalue weighted by atomic mass is 10.0. The van der Waals surface area contributed by atoms with E-state index in [0.717, 1.165) is 41.3 Å². The van der Waals surface area contributed by atoms with E-state index in [1.54, 1.807) is 12.4 Å². The number of nitrogens with one attached hydrogen (secondary N) is 4. The lowest BCUT2D eigenvalue weighted by Gasteiger charge is -2.24. The number of hydrogen-bond acceptors (Lipinski definition) is 6. The van der Waals surface area contributed by atoms with E-state index in [9.17, 15) is 4.79 Å². The first-order valence-corrected chi connectivity index (χ1v) is 11.4. The maximum atomic E-state index is 12.8. The molecule has 0 bridgehead atoms. The molecule has 0 radical (unpaired) electrons. The van der Waals surface area contributed by atoms with Crippen molar-refractivity contribution in [2.45, 2.75) is 19.4 Å². The molecular formula is C24H26ClN5O3. The zero-order valence-electron chi connectivity index (χ0n) is 18.3. The predicted molar refractivity (Wildman–Crippen MR) is 128 cm³/mol. The molecule has 33 heavy (non-hydrogen) atoms. The van der Waals surface area contributed by atoms with Crippen LogP contribution in [0.4, 0.5) is 11.4 Å². The molecule has 3 aromatic rings. The first-order valence-electron chi connectivity index (χ1n) is 11.1. The van der Waals surface area contributed by atoms with Gasteiger partial charge in [-0.3, -0.25) is 9.78 Å². The van der Waals surface area contributed by atoms with Crippen LogP contribution in [0.1, 0.15) is 21.6 Å². The number of aromatic amines is 1. The van der Waals surface area contributed by atoms with Gasteiger partial charge in [0.2, 0.25) is 0 Å². The summed E-state index contributed by atoms with van der Waals surface area (Å²) in [6, 6.07) is 7.57. The molecule has 1 aromatic carbocycles. The van der Waals surface area contributed by atoms with Crippen LogP contribution < -0.4 is 20.7 Å². The summed E-state index contributed by atoms with van der Waals surface area (Å²) in [4.78, 5) is 20.6. The van der Waals surface area contributed by atoms with Gasteiger partial charge in [0.15, 0.2) is 0 Å². The van der Waals surface area contributed by atoms with Crippen LogP contribution >= 0.6 is 11.6 Å². The van der Waals surface area contributed by atoms with Gasteiger partial charge in [0, 0.05) is 54.2 Å². The molecule has 2 aromatic heterocycles. The Morgan fingerprint density at radius 1 is 1.30 bits per heavy atom. The molecule has 0 aliphatic carbocycles. The molecule has 8 nitrogen and oxygen atoms in total. The highest BCUT2D eigenvalue weighted by molar-refractivity contribution is 6.31. The van der Waals surface area contributed by atoms with Gasteiger partial charge < -0.3 is 30.4 Å². The third-order valence-electron chi connectivity index (χ3n) is 5.98. The first kappa shape index (κ1) is 21.8. The monoisotopic (exact) mass is 467 g/mol. The number of benzene rings is 1. The maximum Gasteiger partial charge on any atom is 0.255 e. The lowest BCUT2D eigenvalue weighted by Crippen LogP contribution is -2.41. The lowest BCUT2D eigenvalue weighted by molar-refractivity contribution is 0.000245. The molecule has 4 heterocycles. The largest absolute Gasteiger partial charge is 0.488 e. The number of rotatable bonds is 6. The van der Waals surface area contributed by atoms with E-state index in [1.807, 2.05) is 31.2 Å². The van der Waals surface area contributed by atoms with E-state index in [4.69, 9.17) is 21.1 Å². The number of pyridine rings is 1. The molecule has 172 valence electrons. The minimum absolute atomic E-state index is 0.0267. The molecule has 5 rings (SSSR count). The van der Waals surface area contributed by atoms with Gasteiger partial charge in [-0.25, -0.2) is 0 Å². The summed E-state index contributed by atoms with van der Waals surface area (Å²) in [6.45, 7) is 5.20. The SMILES string of the molecule is Cc1c(Cl)cccc1Nc1c(-c2ccncc2OC[C@@H]2CNCCO2)[nH]c2c1C(=O)NCC2. The summed E-state index contributed by atoms with van der Waals surface area (Å²) in [5.74, 6) is 0.510. The Bertz CT molecular complexity index is 1170. The van der Waals surface area contributed by atoms with Crippen molar-refractivity contribution in [3.63, 3.8) is 0 Å². The fourth-order valence-electron chi connectivity index (χ4n) is 4.19. The fourth-order valence-corrected chi connectivity index (χ4v) is 4.37. The number of carbonyl (C=O) groups is 1. The van der Waals surface area contributed by atoms with Crippen LogP contribution in [0.2, 0.25) is 5.02 Å². The van der Waals surface area contributed by atoms with Crippen LogP contribution in [0.25, 0.3) is 11.3 Å². The molecule has 0 unspecified atom stereocenters. The molecule has 9 heteroatoms. The third-order valence-corrected chi connectivity index (χ3v) is 6.39. The van der Waals surface area contributed by atoms with Crippen LogP contribution in [0.15, 0.2) is 36.7 Å². The van der Waals surface area contributed by atoms with Crippen LogP contribution in [-0.4, -0.2) is 54.8 Å². The van der Waals surface area contributed by atoms with Crippen LogP contribution in [0.5, 0.6) is 5.75 Å². The number of fused-ring (bicyclic) bond motifs is 1. The normalized spacial score (nSPS) is 17.9. The van der Waals surface area contributed by atoms with Crippen molar-refractivity contribution in [1.82, 2.24) is 20.6 Å². The molecule has 4 N–H and O–H groups in total. The smallest absolute Gasteiger partial charge is 0.255 e. The van der Waals surface area contributed by atoms with Gasteiger partial charge in [-0.2, -0.15) is 0 Å². The highest BCUT2D eigenvalue weighted by Gasteiger charge is 2.28. The van der Waals surface area contributed by atoms with Gasteiger partial charge in [-0.15, -0.1) is 0 Å². The number of hydrogen-bond donors (Lipinski definition) is 4. The maximum absolute atomic E-state index is 12.8. The molecule has 1 amide bonds. The van der Waals surface area contributed by atoms with E-state index < -0.39 is 0 Å². The molecule has 1 atom stereocenters. The Morgan fingerprint density at radius 3 is 3.06 bits per heavy atom. The second kappa shape index (κ2) is 9.43. The summed E-state index contributed by atoms with van der Waals surface area (Å²) in [7, 11) is 0.